The monoisotopic (exact) mass is 207 g/mol. The molecule has 2 rings (SSSR count). The van der Waals surface area contributed by atoms with Crippen molar-refractivity contribution in [3.05, 3.63) is 58.0 Å². The van der Waals surface area contributed by atoms with Gasteiger partial charge in [-0.25, -0.2) is 4.39 Å². The molecule has 0 unspecified atom stereocenters. The van der Waals surface area contributed by atoms with Crippen LogP contribution in [-0.4, -0.2) is 0 Å². The molecule has 14 heavy (non-hydrogen) atoms. The van der Waals surface area contributed by atoms with Crippen LogP contribution < -0.4 is 5.73 Å². The summed E-state index contributed by atoms with van der Waals surface area (Å²) in [6.07, 6.45) is 0. The molecule has 1 nitrogen and oxygen atoms in total. The number of halogens is 1. The Hall–Kier alpha value is -1.19. The zero-order valence-electron chi connectivity index (χ0n) is 7.48. The molecule has 1 aromatic carbocycles. The second-order valence-corrected chi connectivity index (χ2v) is 4.02. The van der Waals surface area contributed by atoms with Gasteiger partial charge >= 0.3 is 0 Å². The zero-order valence-corrected chi connectivity index (χ0v) is 8.30. The minimum Gasteiger partial charge on any atom is -0.320 e. The van der Waals surface area contributed by atoms with Crippen LogP contribution in [0.1, 0.15) is 16.5 Å². The Morgan fingerprint density at radius 2 is 1.86 bits per heavy atom. The SMILES string of the molecule is N[C@H](c1ccc(F)cc1)c1cccs1. The molecule has 0 spiro atoms. The fourth-order valence-electron chi connectivity index (χ4n) is 1.30. The highest BCUT2D eigenvalue weighted by molar-refractivity contribution is 7.10. The summed E-state index contributed by atoms with van der Waals surface area (Å²) in [5.41, 5.74) is 6.94. The molecule has 2 aromatic rings. The van der Waals surface area contributed by atoms with Gasteiger partial charge in [0.1, 0.15) is 5.82 Å². The quantitative estimate of drug-likeness (QED) is 0.805. The van der Waals surface area contributed by atoms with Gasteiger partial charge in [-0.15, -0.1) is 11.3 Å². The van der Waals surface area contributed by atoms with E-state index in [4.69, 9.17) is 5.73 Å². The van der Waals surface area contributed by atoms with Crippen LogP contribution in [0, 0.1) is 5.82 Å². The van der Waals surface area contributed by atoms with Crippen molar-refractivity contribution in [2.45, 2.75) is 6.04 Å². The number of nitrogens with two attached hydrogens (primary N) is 1. The first-order valence-corrected chi connectivity index (χ1v) is 5.20. The third-order valence-electron chi connectivity index (χ3n) is 2.08. The van der Waals surface area contributed by atoms with E-state index in [9.17, 15) is 4.39 Å². The van der Waals surface area contributed by atoms with E-state index in [1.54, 1.807) is 23.5 Å². The molecule has 3 heteroatoms. The largest absolute Gasteiger partial charge is 0.320 e. The molecule has 0 saturated carbocycles. The minimum absolute atomic E-state index is 0.143. The number of rotatable bonds is 2. The smallest absolute Gasteiger partial charge is 0.123 e. The predicted octanol–water partition coefficient (Wildman–Crippen LogP) is 2.94. The van der Waals surface area contributed by atoms with Crippen molar-refractivity contribution in [3.63, 3.8) is 0 Å². The molecule has 0 aliphatic rings. The van der Waals surface area contributed by atoms with Gasteiger partial charge in [0.2, 0.25) is 0 Å². The summed E-state index contributed by atoms with van der Waals surface area (Å²) in [6.45, 7) is 0. The van der Waals surface area contributed by atoms with Crippen LogP contribution in [0.3, 0.4) is 0 Å². The molecule has 2 N–H and O–H groups in total. The van der Waals surface area contributed by atoms with Gasteiger partial charge in [0.25, 0.3) is 0 Å². The first-order chi connectivity index (χ1) is 6.77. The summed E-state index contributed by atoms with van der Waals surface area (Å²) in [6, 6.07) is 10.1. The Labute approximate surface area is 86.0 Å². The minimum atomic E-state index is -0.230. The highest BCUT2D eigenvalue weighted by Gasteiger charge is 2.08. The summed E-state index contributed by atoms with van der Waals surface area (Å²) < 4.78 is 12.7. The van der Waals surface area contributed by atoms with Crippen molar-refractivity contribution in [3.8, 4) is 0 Å². The average Bonchev–Trinajstić information content (AvgIpc) is 2.71. The van der Waals surface area contributed by atoms with Crippen LogP contribution in [0.4, 0.5) is 4.39 Å². The van der Waals surface area contributed by atoms with E-state index in [0.717, 1.165) is 10.4 Å². The lowest BCUT2D eigenvalue weighted by atomic mass is 10.1. The van der Waals surface area contributed by atoms with E-state index in [1.165, 1.54) is 12.1 Å². The van der Waals surface area contributed by atoms with E-state index < -0.39 is 0 Å². The van der Waals surface area contributed by atoms with Crippen LogP contribution >= 0.6 is 11.3 Å². The molecule has 0 bridgehead atoms. The lowest BCUT2D eigenvalue weighted by Gasteiger charge is -2.09. The van der Waals surface area contributed by atoms with E-state index in [0.29, 0.717) is 0 Å². The van der Waals surface area contributed by atoms with Crippen molar-refractivity contribution >= 4 is 11.3 Å². The van der Waals surface area contributed by atoms with Gasteiger partial charge < -0.3 is 5.73 Å². The lowest BCUT2D eigenvalue weighted by Crippen LogP contribution is -2.09. The van der Waals surface area contributed by atoms with Gasteiger partial charge in [-0.1, -0.05) is 18.2 Å². The van der Waals surface area contributed by atoms with Gasteiger partial charge in [0.05, 0.1) is 6.04 Å². The fraction of sp³-hybridized carbons (Fsp3) is 0.0909. The summed E-state index contributed by atoms with van der Waals surface area (Å²) in [5, 5.41) is 1.98. The highest BCUT2D eigenvalue weighted by Crippen LogP contribution is 2.23. The molecule has 1 heterocycles. The fourth-order valence-corrected chi connectivity index (χ4v) is 2.06. The second-order valence-electron chi connectivity index (χ2n) is 3.04. The third kappa shape index (κ3) is 1.84. The van der Waals surface area contributed by atoms with E-state index in [-0.39, 0.29) is 11.9 Å². The Bertz CT molecular complexity index is 394. The molecule has 72 valence electrons. The van der Waals surface area contributed by atoms with Gasteiger partial charge in [-0.3, -0.25) is 0 Å². The Balaban J connectivity index is 2.28. The Morgan fingerprint density at radius 1 is 1.14 bits per heavy atom. The van der Waals surface area contributed by atoms with Crippen LogP contribution in [0.2, 0.25) is 0 Å². The van der Waals surface area contributed by atoms with Crippen molar-refractivity contribution < 1.29 is 4.39 Å². The summed E-state index contributed by atoms with van der Waals surface area (Å²) in [4.78, 5) is 1.09. The number of benzene rings is 1. The molecule has 1 atom stereocenters. The highest BCUT2D eigenvalue weighted by atomic mass is 32.1. The van der Waals surface area contributed by atoms with Crippen molar-refractivity contribution in [1.29, 1.82) is 0 Å². The number of thiophene rings is 1. The number of hydrogen-bond donors (Lipinski definition) is 1. The maximum Gasteiger partial charge on any atom is 0.123 e. The summed E-state index contributed by atoms with van der Waals surface area (Å²) in [7, 11) is 0. The van der Waals surface area contributed by atoms with Crippen LogP contribution in [0.25, 0.3) is 0 Å². The molecule has 0 fully saturated rings. The van der Waals surface area contributed by atoms with Gasteiger partial charge in [-0.05, 0) is 29.1 Å². The van der Waals surface area contributed by atoms with Gasteiger partial charge in [0, 0.05) is 4.88 Å². The standard InChI is InChI=1S/C11H10FNS/c12-9-5-3-8(4-6-9)11(13)10-2-1-7-14-10/h1-7,11H,13H2/t11-/m1/s1. The maximum atomic E-state index is 12.7. The number of hydrogen-bond acceptors (Lipinski definition) is 2. The normalized spacial score (nSPS) is 12.7. The van der Waals surface area contributed by atoms with Gasteiger partial charge in [-0.2, -0.15) is 0 Å². The third-order valence-corrected chi connectivity index (χ3v) is 3.03. The Kier molecular flexibility index (Phi) is 2.61. The topological polar surface area (TPSA) is 26.0 Å². The predicted molar refractivity (Wildman–Crippen MR) is 56.7 cm³/mol. The van der Waals surface area contributed by atoms with E-state index in [1.807, 2.05) is 17.5 Å². The van der Waals surface area contributed by atoms with Gasteiger partial charge in [0.15, 0.2) is 0 Å². The molecule has 0 amide bonds. The summed E-state index contributed by atoms with van der Waals surface area (Å²) in [5.74, 6) is -0.230. The molecule has 0 radical (unpaired) electrons. The van der Waals surface area contributed by atoms with Crippen molar-refractivity contribution in [2.75, 3.05) is 0 Å². The zero-order chi connectivity index (χ0) is 9.97. The lowest BCUT2D eigenvalue weighted by molar-refractivity contribution is 0.626. The first kappa shape index (κ1) is 9.37. The van der Waals surface area contributed by atoms with Crippen LogP contribution in [0.5, 0.6) is 0 Å². The Morgan fingerprint density at radius 3 is 2.43 bits per heavy atom. The van der Waals surface area contributed by atoms with E-state index >= 15 is 0 Å². The van der Waals surface area contributed by atoms with Crippen molar-refractivity contribution in [2.24, 2.45) is 5.73 Å². The average molecular weight is 207 g/mol. The van der Waals surface area contributed by atoms with E-state index in [2.05, 4.69) is 0 Å². The molecular formula is C11H10FNS. The molecular weight excluding hydrogens is 197 g/mol. The van der Waals surface area contributed by atoms with Crippen LogP contribution in [-0.2, 0) is 0 Å². The summed E-state index contributed by atoms with van der Waals surface area (Å²) >= 11 is 1.61. The molecule has 0 saturated heterocycles. The van der Waals surface area contributed by atoms with Crippen molar-refractivity contribution in [1.82, 2.24) is 0 Å². The first-order valence-electron chi connectivity index (χ1n) is 4.32. The van der Waals surface area contributed by atoms with Crippen LogP contribution in [0.15, 0.2) is 41.8 Å². The molecule has 0 aliphatic carbocycles. The molecule has 1 aromatic heterocycles. The molecule has 0 aliphatic heterocycles. The second kappa shape index (κ2) is 3.90. The maximum absolute atomic E-state index is 12.7.